The third kappa shape index (κ3) is 2.35. The van der Waals surface area contributed by atoms with Crippen molar-refractivity contribution in [2.24, 2.45) is 0 Å². The molecule has 0 radical (unpaired) electrons. The second-order valence-corrected chi connectivity index (χ2v) is 5.19. The molecule has 3 rings (SSSR count). The van der Waals surface area contributed by atoms with Crippen LogP contribution in [0.15, 0.2) is 30.3 Å². The minimum absolute atomic E-state index is 0.143. The van der Waals surface area contributed by atoms with Gasteiger partial charge in [0.1, 0.15) is 12.4 Å². The second kappa shape index (κ2) is 5.60. The third-order valence-electron chi connectivity index (χ3n) is 3.84. The van der Waals surface area contributed by atoms with Crippen molar-refractivity contribution in [1.29, 1.82) is 0 Å². The van der Waals surface area contributed by atoms with Crippen LogP contribution >= 0.6 is 0 Å². The lowest BCUT2D eigenvalue weighted by molar-refractivity contribution is 0.112. The molecular weight excluding hydrogens is 282 g/mol. The summed E-state index contributed by atoms with van der Waals surface area (Å²) < 4.78 is 10.8. The zero-order valence-electron chi connectivity index (χ0n) is 12.5. The maximum absolute atomic E-state index is 11.1. The Morgan fingerprint density at radius 2 is 2.09 bits per heavy atom. The molecule has 0 saturated carbocycles. The minimum Gasteiger partial charge on any atom is -0.504 e. The number of aromatic hydroxyl groups is 1. The summed E-state index contributed by atoms with van der Waals surface area (Å²) in [5, 5.41) is 9.90. The summed E-state index contributed by atoms with van der Waals surface area (Å²) in [6.45, 7) is 1.50. The molecule has 1 heterocycles. The number of hydrogen-bond acceptors (Lipinski definition) is 5. The average molecular weight is 299 g/mol. The molecule has 0 aromatic heterocycles. The zero-order chi connectivity index (χ0) is 15.7. The quantitative estimate of drug-likeness (QED) is 0.883. The third-order valence-corrected chi connectivity index (χ3v) is 3.84. The van der Waals surface area contributed by atoms with E-state index >= 15 is 0 Å². The molecule has 114 valence electrons. The Morgan fingerprint density at radius 3 is 2.82 bits per heavy atom. The molecule has 0 bridgehead atoms. The molecule has 5 nitrogen and oxygen atoms in total. The smallest absolute Gasteiger partial charge is 0.168 e. The Kier molecular flexibility index (Phi) is 3.63. The maximum Gasteiger partial charge on any atom is 0.168 e. The Bertz CT molecular complexity index is 727. The fourth-order valence-corrected chi connectivity index (χ4v) is 2.58. The Labute approximate surface area is 128 Å². The number of phenols is 1. The SMILES string of the molecule is COc1cc(-c2ccc3c(c2)OCCN3C)cc(C=O)c1O. The Balaban J connectivity index is 2.10. The highest BCUT2D eigenvalue weighted by atomic mass is 16.5. The molecule has 0 unspecified atom stereocenters. The van der Waals surface area contributed by atoms with E-state index in [2.05, 4.69) is 4.90 Å². The maximum atomic E-state index is 11.1. The van der Waals surface area contributed by atoms with Gasteiger partial charge in [0.2, 0.25) is 0 Å². The predicted octanol–water partition coefficient (Wildman–Crippen LogP) is 2.71. The highest BCUT2D eigenvalue weighted by molar-refractivity contribution is 5.85. The van der Waals surface area contributed by atoms with E-state index in [1.165, 1.54) is 7.11 Å². The van der Waals surface area contributed by atoms with E-state index in [1.54, 1.807) is 12.1 Å². The fourth-order valence-electron chi connectivity index (χ4n) is 2.58. The number of phenolic OH excluding ortho intramolecular Hbond substituents is 1. The van der Waals surface area contributed by atoms with Crippen molar-refractivity contribution in [1.82, 2.24) is 0 Å². The number of carbonyl (C=O) groups is 1. The van der Waals surface area contributed by atoms with Gasteiger partial charge in [0, 0.05) is 7.05 Å². The van der Waals surface area contributed by atoms with Gasteiger partial charge in [-0.2, -0.15) is 0 Å². The number of fused-ring (bicyclic) bond motifs is 1. The molecule has 2 aromatic rings. The average Bonchev–Trinajstić information content (AvgIpc) is 2.55. The van der Waals surface area contributed by atoms with E-state index in [0.29, 0.717) is 12.9 Å². The van der Waals surface area contributed by atoms with Crippen LogP contribution in [0.25, 0.3) is 11.1 Å². The van der Waals surface area contributed by atoms with Crippen molar-refractivity contribution < 1.29 is 19.4 Å². The van der Waals surface area contributed by atoms with Crippen LogP contribution in [-0.2, 0) is 0 Å². The van der Waals surface area contributed by atoms with Crippen molar-refractivity contribution in [3.63, 3.8) is 0 Å². The molecule has 0 aliphatic carbocycles. The lowest BCUT2D eigenvalue weighted by Gasteiger charge is -2.28. The van der Waals surface area contributed by atoms with Gasteiger partial charge in [-0.3, -0.25) is 4.79 Å². The molecule has 5 heteroatoms. The first-order chi connectivity index (χ1) is 10.6. The number of nitrogens with zero attached hydrogens (tertiary/aromatic N) is 1. The first-order valence-corrected chi connectivity index (χ1v) is 6.98. The highest BCUT2D eigenvalue weighted by Gasteiger charge is 2.17. The largest absolute Gasteiger partial charge is 0.504 e. The van der Waals surface area contributed by atoms with E-state index in [0.717, 1.165) is 29.1 Å². The van der Waals surface area contributed by atoms with Crippen molar-refractivity contribution in [2.75, 3.05) is 32.2 Å². The highest BCUT2D eigenvalue weighted by Crippen LogP contribution is 2.38. The lowest BCUT2D eigenvalue weighted by atomic mass is 10.0. The van der Waals surface area contributed by atoms with Crippen molar-refractivity contribution >= 4 is 12.0 Å². The van der Waals surface area contributed by atoms with Crippen molar-refractivity contribution in [3.8, 4) is 28.4 Å². The molecule has 1 N–H and O–H groups in total. The first-order valence-electron chi connectivity index (χ1n) is 6.98. The van der Waals surface area contributed by atoms with Gasteiger partial charge >= 0.3 is 0 Å². The standard InChI is InChI=1S/C17H17NO4/c1-18-5-6-22-15-8-11(3-4-14(15)18)12-7-13(10-19)17(20)16(9-12)21-2/h3-4,7-10,20H,5-6H2,1-2H3. The normalized spacial score (nSPS) is 13.3. The minimum atomic E-state index is -0.143. The van der Waals surface area contributed by atoms with E-state index in [9.17, 15) is 9.90 Å². The number of anilines is 1. The van der Waals surface area contributed by atoms with Crippen LogP contribution in [0.2, 0.25) is 0 Å². The van der Waals surface area contributed by atoms with Gasteiger partial charge in [0.05, 0.1) is 24.9 Å². The van der Waals surface area contributed by atoms with Gasteiger partial charge in [-0.1, -0.05) is 6.07 Å². The van der Waals surface area contributed by atoms with Crippen LogP contribution in [0.4, 0.5) is 5.69 Å². The van der Waals surface area contributed by atoms with E-state index in [1.807, 2.05) is 25.2 Å². The summed E-state index contributed by atoms with van der Waals surface area (Å²) in [7, 11) is 3.48. The summed E-state index contributed by atoms with van der Waals surface area (Å²) in [5.41, 5.74) is 2.92. The van der Waals surface area contributed by atoms with Crippen LogP contribution < -0.4 is 14.4 Å². The Hall–Kier alpha value is -2.69. The molecule has 0 spiro atoms. The van der Waals surface area contributed by atoms with Crippen molar-refractivity contribution in [3.05, 3.63) is 35.9 Å². The number of benzene rings is 2. The first kappa shape index (κ1) is 14.3. The van der Waals surface area contributed by atoms with Crippen LogP contribution in [0.3, 0.4) is 0 Å². The monoisotopic (exact) mass is 299 g/mol. The summed E-state index contributed by atoms with van der Waals surface area (Å²) in [6, 6.07) is 9.23. The second-order valence-electron chi connectivity index (χ2n) is 5.19. The number of ether oxygens (including phenoxy) is 2. The molecule has 1 aliphatic heterocycles. The lowest BCUT2D eigenvalue weighted by Crippen LogP contribution is -2.28. The summed E-state index contributed by atoms with van der Waals surface area (Å²) in [5.74, 6) is 0.941. The van der Waals surface area contributed by atoms with E-state index in [-0.39, 0.29) is 17.1 Å². The number of hydrogen-bond donors (Lipinski definition) is 1. The zero-order valence-corrected chi connectivity index (χ0v) is 12.5. The predicted molar refractivity (Wildman–Crippen MR) is 84.2 cm³/mol. The molecule has 0 saturated heterocycles. The molecule has 0 fully saturated rings. The van der Waals surface area contributed by atoms with Gasteiger partial charge in [-0.05, 0) is 35.4 Å². The van der Waals surface area contributed by atoms with Crippen LogP contribution in [0.1, 0.15) is 10.4 Å². The van der Waals surface area contributed by atoms with Crippen LogP contribution in [0, 0.1) is 0 Å². The number of likely N-dealkylation sites (N-methyl/N-ethyl adjacent to an activating group) is 1. The van der Waals surface area contributed by atoms with E-state index < -0.39 is 0 Å². The number of rotatable bonds is 3. The van der Waals surface area contributed by atoms with Gasteiger partial charge in [0.15, 0.2) is 17.8 Å². The summed E-state index contributed by atoms with van der Waals surface area (Å²) >= 11 is 0. The van der Waals surface area contributed by atoms with Gasteiger partial charge in [-0.15, -0.1) is 0 Å². The van der Waals surface area contributed by atoms with Crippen molar-refractivity contribution in [2.45, 2.75) is 0 Å². The number of carbonyl (C=O) groups excluding carboxylic acids is 1. The molecule has 22 heavy (non-hydrogen) atoms. The van der Waals surface area contributed by atoms with Crippen LogP contribution in [0.5, 0.6) is 17.2 Å². The molecule has 0 amide bonds. The van der Waals surface area contributed by atoms with Gasteiger partial charge in [-0.25, -0.2) is 0 Å². The van der Waals surface area contributed by atoms with Crippen LogP contribution in [-0.4, -0.2) is 38.7 Å². The van der Waals surface area contributed by atoms with E-state index in [4.69, 9.17) is 9.47 Å². The van der Waals surface area contributed by atoms with Gasteiger partial charge in [0.25, 0.3) is 0 Å². The fraction of sp³-hybridized carbons (Fsp3) is 0.235. The number of methoxy groups -OCH3 is 1. The molecule has 1 aliphatic rings. The molecule has 2 aromatic carbocycles. The topological polar surface area (TPSA) is 59.0 Å². The molecule has 0 atom stereocenters. The number of aldehydes is 1. The molecular formula is C17H17NO4. The summed E-state index contributed by atoms with van der Waals surface area (Å²) in [6.07, 6.45) is 0.615. The Morgan fingerprint density at radius 1 is 1.27 bits per heavy atom. The van der Waals surface area contributed by atoms with Gasteiger partial charge < -0.3 is 19.5 Å². The summed E-state index contributed by atoms with van der Waals surface area (Å²) in [4.78, 5) is 13.2.